The molecule has 0 aliphatic carbocycles. The van der Waals surface area contributed by atoms with Crippen molar-refractivity contribution in [3.63, 3.8) is 0 Å². The van der Waals surface area contributed by atoms with Crippen molar-refractivity contribution in [2.24, 2.45) is 10.8 Å². The number of hydrogen-bond donors (Lipinski definition) is 2. The Hall–Kier alpha value is -3.55. The van der Waals surface area contributed by atoms with Gasteiger partial charge < -0.3 is 20.1 Å². The maximum atomic E-state index is 12.3. The van der Waals surface area contributed by atoms with Gasteiger partial charge in [-0.15, -0.1) is 0 Å². The summed E-state index contributed by atoms with van der Waals surface area (Å²) in [4.78, 5) is 25.5. The second-order valence-electron chi connectivity index (χ2n) is 6.83. The summed E-state index contributed by atoms with van der Waals surface area (Å²) < 4.78 is 10.9. The van der Waals surface area contributed by atoms with E-state index >= 15 is 0 Å². The van der Waals surface area contributed by atoms with Gasteiger partial charge in [-0.25, -0.2) is 5.43 Å². The molecular weight excluding hydrogens is 384 g/mol. The van der Waals surface area contributed by atoms with Crippen LogP contribution in [0.3, 0.4) is 0 Å². The van der Waals surface area contributed by atoms with Gasteiger partial charge in [0.1, 0.15) is 0 Å². The molecule has 0 bridgehead atoms. The number of ether oxygens (including phenoxy) is 2. The molecular formula is C22H26N4O4. The fraction of sp³-hybridized carbons (Fsp3) is 0.318. The summed E-state index contributed by atoms with van der Waals surface area (Å²) in [6.45, 7) is 4.16. The van der Waals surface area contributed by atoms with Crippen molar-refractivity contribution in [2.75, 3.05) is 31.2 Å². The standard InChI is InChI=1S/C22H26N4O4/c1-2-29-20-13-16(5-10-19(20)30-15-21(23)27)14-24-25-22(28)17-6-8-18(9-7-17)26-11-3-4-12-26/h5-10,13-14H,2-4,11-12,15H2,1H3,(H2,23,27)(H,25,28)/b24-14-. The molecule has 3 rings (SSSR count). The highest BCUT2D eigenvalue weighted by molar-refractivity contribution is 5.95. The average Bonchev–Trinajstić information content (AvgIpc) is 3.28. The van der Waals surface area contributed by atoms with Gasteiger partial charge in [0.15, 0.2) is 18.1 Å². The molecule has 1 heterocycles. The Morgan fingerprint density at radius 1 is 1.10 bits per heavy atom. The van der Waals surface area contributed by atoms with E-state index in [1.54, 1.807) is 30.3 Å². The molecule has 30 heavy (non-hydrogen) atoms. The minimum atomic E-state index is -0.570. The number of carbonyl (C=O) groups is 2. The summed E-state index contributed by atoms with van der Waals surface area (Å²) in [5.41, 5.74) is 10.0. The molecule has 8 nitrogen and oxygen atoms in total. The van der Waals surface area contributed by atoms with Crippen LogP contribution in [0.4, 0.5) is 5.69 Å². The summed E-state index contributed by atoms with van der Waals surface area (Å²) in [6, 6.07) is 12.6. The van der Waals surface area contributed by atoms with E-state index in [-0.39, 0.29) is 12.5 Å². The van der Waals surface area contributed by atoms with E-state index in [1.165, 1.54) is 19.1 Å². The van der Waals surface area contributed by atoms with E-state index in [1.807, 2.05) is 19.1 Å². The lowest BCUT2D eigenvalue weighted by Gasteiger charge is -2.17. The zero-order valence-corrected chi connectivity index (χ0v) is 17.0. The summed E-state index contributed by atoms with van der Waals surface area (Å²) in [5.74, 6) is 0.0198. The van der Waals surface area contributed by atoms with Crippen molar-refractivity contribution < 1.29 is 19.1 Å². The number of nitrogens with one attached hydrogen (secondary N) is 1. The van der Waals surface area contributed by atoms with Crippen molar-refractivity contribution in [1.29, 1.82) is 0 Å². The van der Waals surface area contributed by atoms with E-state index in [4.69, 9.17) is 15.2 Å². The minimum Gasteiger partial charge on any atom is -0.490 e. The quantitative estimate of drug-likeness (QED) is 0.487. The fourth-order valence-corrected chi connectivity index (χ4v) is 3.17. The maximum absolute atomic E-state index is 12.3. The monoisotopic (exact) mass is 410 g/mol. The van der Waals surface area contributed by atoms with Crippen LogP contribution in [-0.2, 0) is 4.79 Å². The van der Waals surface area contributed by atoms with E-state index < -0.39 is 5.91 Å². The number of benzene rings is 2. The summed E-state index contributed by atoms with van der Waals surface area (Å²) in [7, 11) is 0. The highest BCUT2D eigenvalue weighted by Crippen LogP contribution is 2.28. The Balaban J connectivity index is 1.60. The van der Waals surface area contributed by atoms with Crippen molar-refractivity contribution >= 4 is 23.7 Å². The van der Waals surface area contributed by atoms with Crippen LogP contribution in [0.2, 0.25) is 0 Å². The van der Waals surface area contributed by atoms with Gasteiger partial charge in [0.25, 0.3) is 11.8 Å². The van der Waals surface area contributed by atoms with Crippen LogP contribution in [0.15, 0.2) is 47.6 Å². The Morgan fingerprint density at radius 3 is 2.50 bits per heavy atom. The van der Waals surface area contributed by atoms with Crippen molar-refractivity contribution in [1.82, 2.24) is 5.43 Å². The first-order valence-electron chi connectivity index (χ1n) is 9.93. The predicted octanol–water partition coefficient (Wildman–Crippen LogP) is 2.31. The van der Waals surface area contributed by atoms with Crippen LogP contribution in [0.25, 0.3) is 0 Å². The molecule has 2 aromatic carbocycles. The van der Waals surface area contributed by atoms with Gasteiger partial charge in [0, 0.05) is 24.3 Å². The van der Waals surface area contributed by atoms with Crippen molar-refractivity contribution in [3.8, 4) is 11.5 Å². The Bertz CT molecular complexity index is 906. The summed E-state index contributed by atoms with van der Waals surface area (Å²) >= 11 is 0. The van der Waals surface area contributed by atoms with Gasteiger partial charge in [0.05, 0.1) is 12.8 Å². The second-order valence-corrected chi connectivity index (χ2v) is 6.83. The molecule has 0 radical (unpaired) electrons. The van der Waals surface area contributed by atoms with Gasteiger partial charge in [0.2, 0.25) is 0 Å². The molecule has 0 atom stereocenters. The number of hydrazone groups is 1. The smallest absolute Gasteiger partial charge is 0.271 e. The lowest BCUT2D eigenvalue weighted by molar-refractivity contribution is -0.119. The lowest BCUT2D eigenvalue weighted by Crippen LogP contribution is -2.20. The maximum Gasteiger partial charge on any atom is 0.271 e. The normalized spacial score (nSPS) is 13.4. The van der Waals surface area contributed by atoms with Crippen LogP contribution in [-0.4, -0.2) is 44.3 Å². The van der Waals surface area contributed by atoms with Crippen LogP contribution in [0.5, 0.6) is 11.5 Å². The molecule has 0 unspecified atom stereocenters. The highest BCUT2D eigenvalue weighted by atomic mass is 16.5. The number of hydrogen-bond acceptors (Lipinski definition) is 6. The molecule has 2 amide bonds. The zero-order chi connectivity index (χ0) is 21.3. The van der Waals surface area contributed by atoms with Gasteiger partial charge >= 0.3 is 0 Å². The minimum absolute atomic E-state index is 0.236. The number of carbonyl (C=O) groups excluding carboxylic acids is 2. The molecule has 0 saturated carbocycles. The fourth-order valence-electron chi connectivity index (χ4n) is 3.17. The molecule has 1 aliphatic rings. The number of nitrogens with zero attached hydrogens (tertiary/aromatic N) is 2. The molecule has 2 aromatic rings. The topological polar surface area (TPSA) is 106 Å². The number of nitrogens with two attached hydrogens (primary N) is 1. The molecule has 0 aromatic heterocycles. The highest BCUT2D eigenvalue weighted by Gasteiger charge is 2.13. The van der Waals surface area contributed by atoms with E-state index in [2.05, 4.69) is 15.4 Å². The van der Waals surface area contributed by atoms with Crippen LogP contribution in [0.1, 0.15) is 35.7 Å². The first-order chi connectivity index (χ1) is 14.6. The Morgan fingerprint density at radius 2 is 1.83 bits per heavy atom. The molecule has 8 heteroatoms. The van der Waals surface area contributed by atoms with Crippen LogP contribution < -0.4 is 25.5 Å². The van der Waals surface area contributed by atoms with E-state index in [9.17, 15) is 9.59 Å². The Labute approximate surface area is 175 Å². The van der Waals surface area contributed by atoms with Crippen molar-refractivity contribution in [2.45, 2.75) is 19.8 Å². The van der Waals surface area contributed by atoms with Gasteiger partial charge in [-0.2, -0.15) is 5.10 Å². The summed E-state index contributed by atoms with van der Waals surface area (Å²) in [6.07, 6.45) is 3.93. The third kappa shape index (κ3) is 5.73. The number of amides is 2. The molecule has 0 spiro atoms. The lowest BCUT2D eigenvalue weighted by atomic mass is 10.2. The average molecular weight is 410 g/mol. The molecule has 1 fully saturated rings. The third-order valence-electron chi connectivity index (χ3n) is 4.62. The van der Waals surface area contributed by atoms with Crippen LogP contribution in [0, 0.1) is 0 Å². The predicted molar refractivity (Wildman–Crippen MR) is 115 cm³/mol. The second kappa shape index (κ2) is 10.3. The largest absolute Gasteiger partial charge is 0.490 e. The summed E-state index contributed by atoms with van der Waals surface area (Å²) in [5, 5.41) is 4.02. The molecule has 1 aliphatic heterocycles. The van der Waals surface area contributed by atoms with Gasteiger partial charge in [-0.1, -0.05) is 0 Å². The van der Waals surface area contributed by atoms with Gasteiger partial charge in [-0.05, 0) is 67.8 Å². The number of rotatable bonds is 9. The zero-order valence-electron chi connectivity index (χ0n) is 17.0. The van der Waals surface area contributed by atoms with Crippen LogP contribution >= 0.6 is 0 Å². The molecule has 158 valence electrons. The van der Waals surface area contributed by atoms with Crippen molar-refractivity contribution in [3.05, 3.63) is 53.6 Å². The number of anilines is 1. The first-order valence-corrected chi connectivity index (χ1v) is 9.93. The molecule has 1 saturated heterocycles. The number of primary amides is 1. The van der Waals surface area contributed by atoms with E-state index in [0.717, 1.165) is 18.8 Å². The SMILES string of the molecule is CCOc1cc(/C=N\NC(=O)c2ccc(N3CCCC3)cc2)ccc1OCC(N)=O. The molecule has 3 N–H and O–H groups in total. The van der Waals surface area contributed by atoms with E-state index in [0.29, 0.717) is 29.2 Å². The Kier molecular flexibility index (Phi) is 7.26. The van der Waals surface area contributed by atoms with Gasteiger partial charge in [-0.3, -0.25) is 9.59 Å². The third-order valence-corrected chi connectivity index (χ3v) is 4.62. The first kappa shape index (κ1) is 21.2.